The number of anilines is 2. The molecule has 6 heterocycles. The van der Waals surface area contributed by atoms with Gasteiger partial charge < -0.3 is 34.9 Å². The predicted octanol–water partition coefficient (Wildman–Crippen LogP) is 1.83. The van der Waals surface area contributed by atoms with E-state index in [1.54, 1.807) is 13.3 Å². The molecular formula is C25H34N6O4S. The second kappa shape index (κ2) is 9.60. The highest BCUT2D eigenvalue weighted by Crippen LogP contribution is 2.45. The maximum Gasteiger partial charge on any atom is 0.175 e. The first-order valence-electron chi connectivity index (χ1n) is 12.7. The molecule has 0 amide bonds. The van der Waals surface area contributed by atoms with Crippen LogP contribution in [0.25, 0.3) is 0 Å². The zero-order valence-electron chi connectivity index (χ0n) is 20.8. The first kappa shape index (κ1) is 24.2. The van der Waals surface area contributed by atoms with Crippen molar-refractivity contribution in [3.63, 3.8) is 0 Å². The Morgan fingerprint density at radius 2 is 2.11 bits per heavy atom. The van der Waals surface area contributed by atoms with E-state index < -0.39 is 0 Å². The fraction of sp³-hybridized carbons (Fsp3) is 0.640. The Hall–Kier alpha value is -2.18. The topological polar surface area (TPSA) is 119 Å². The molecule has 0 radical (unpaired) electrons. The number of aliphatic hydroxyl groups is 1. The fourth-order valence-electron chi connectivity index (χ4n) is 6.05. The lowest BCUT2D eigenvalue weighted by Gasteiger charge is -2.41. The largest absolute Gasteiger partial charge is 0.486 e. The van der Waals surface area contributed by atoms with Crippen LogP contribution < -0.4 is 20.3 Å². The van der Waals surface area contributed by atoms with Crippen LogP contribution in [0, 0.1) is 5.41 Å². The number of piperidine rings is 1. The molecule has 6 rings (SSSR count). The van der Waals surface area contributed by atoms with Gasteiger partial charge in [0.15, 0.2) is 17.4 Å². The van der Waals surface area contributed by atoms with Crippen LogP contribution in [-0.2, 0) is 16.1 Å². The highest BCUT2D eigenvalue weighted by atomic mass is 32.2. The fourth-order valence-corrected chi connectivity index (χ4v) is 6.91. The van der Waals surface area contributed by atoms with Crippen molar-refractivity contribution in [2.24, 2.45) is 11.1 Å². The molecule has 11 heteroatoms. The van der Waals surface area contributed by atoms with Crippen molar-refractivity contribution in [2.45, 2.75) is 67.0 Å². The third-order valence-corrected chi connectivity index (χ3v) is 9.27. The van der Waals surface area contributed by atoms with Gasteiger partial charge in [0.05, 0.1) is 42.6 Å². The van der Waals surface area contributed by atoms with E-state index in [-0.39, 0.29) is 36.3 Å². The molecule has 4 aliphatic rings. The third kappa shape index (κ3) is 4.10. The summed E-state index contributed by atoms with van der Waals surface area (Å²) >= 11 is 1.48. The summed E-state index contributed by atoms with van der Waals surface area (Å²) in [6, 6.07) is 2.29. The van der Waals surface area contributed by atoms with E-state index in [0.717, 1.165) is 67.8 Å². The van der Waals surface area contributed by atoms with Crippen LogP contribution in [0.4, 0.5) is 11.6 Å². The van der Waals surface area contributed by atoms with Gasteiger partial charge in [0, 0.05) is 44.4 Å². The highest BCUT2D eigenvalue weighted by molar-refractivity contribution is 7.99. The normalized spacial score (nSPS) is 28.8. The Balaban J connectivity index is 1.19. The van der Waals surface area contributed by atoms with Gasteiger partial charge in [-0.25, -0.2) is 15.0 Å². The molecule has 2 aromatic rings. The number of rotatable bonds is 5. The van der Waals surface area contributed by atoms with Gasteiger partial charge in [-0.2, -0.15) is 0 Å². The number of aromatic nitrogens is 3. The molecule has 2 aromatic heterocycles. The van der Waals surface area contributed by atoms with E-state index in [9.17, 15) is 5.11 Å². The zero-order chi connectivity index (χ0) is 24.9. The first-order valence-corrected chi connectivity index (χ1v) is 13.5. The Morgan fingerprint density at radius 1 is 1.28 bits per heavy atom. The average molecular weight is 515 g/mol. The molecule has 4 atom stereocenters. The number of pyridine rings is 1. The van der Waals surface area contributed by atoms with Crippen LogP contribution in [0.15, 0.2) is 28.4 Å². The molecule has 10 nitrogen and oxygen atoms in total. The van der Waals surface area contributed by atoms with Gasteiger partial charge in [-0.05, 0) is 32.3 Å². The van der Waals surface area contributed by atoms with Gasteiger partial charge in [-0.15, -0.1) is 0 Å². The summed E-state index contributed by atoms with van der Waals surface area (Å²) in [5, 5.41) is 10.8. The predicted molar refractivity (Wildman–Crippen MR) is 136 cm³/mol. The van der Waals surface area contributed by atoms with Crippen molar-refractivity contribution < 1.29 is 19.3 Å². The van der Waals surface area contributed by atoms with E-state index in [1.165, 1.54) is 11.8 Å². The number of nitrogens with zero attached hydrogens (tertiary/aromatic N) is 5. The van der Waals surface area contributed by atoms with Crippen molar-refractivity contribution >= 4 is 23.4 Å². The molecule has 3 fully saturated rings. The molecule has 0 aromatic carbocycles. The summed E-state index contributed by atoms with van der Waals surface area (Å²) in [5.41, 5.74) is 7.10. The van der Waals surface area contributed by atoms with Crippen molar-refractivity contribution in [1.82, 2.24) is 15.0 Å². The second-order valence-electron chi connectivity index (χ2n) is 10.3. The van der Waals surface area contributed by atoms with Gasteiger partial charge in [0.2, 0.25) is 0 Å². The van der Waals surface area contributed by atoms with Crippen LogP contribution >= 0.6 is 11.8 Å². The molecule has 194 valence electrons. The summed E-state index contributed by atoms with van der Waals surface area (Å²) in [5.74, 6) is 2.38. The van der Waals surface area contributed by atoms with E-state index in [1.807, 2.05) is 12.3 Å². The van der Waals surface area contributed by atoms with Crippen LogP contribution in [-0.4, -0.2) is 84.3 Å². The third-order valence-electron chi connectivity index (χ3n) is 8.32. The van der Waals surface area contributed by atoms with Crippen LogP contribution in [0.2, 0.25) is 0 Å². The van der Waals surface area contributed by atoms with E-state index in [0.29, 0.717) is 17.3 Å². The lowest BCUT2D eigenvalue weighted by Crippen LogP contribution is -2.51. The van der Waals surface area contributed by atoms with E-state index in [4.69, 9.17) is 29.9 Å². The molecule has 4 aliphatic heterocycles. The lowest BCUT2D eigenvalue weighted by atomic mass is 9.73. The monoisotopic (exact) mass is 514 g/mol. The van der Waals surface area contributed by atoms with E-state index >= 15 is 0 Å². The number of hydrogen-bond acceptors (Lipinski definition) is 11. The molecule has 3 saturated heterocycles. The number of aliphatic hydroxyl groups excluding tert-OH is 1. The summed E-state index contributed by atoms with van der Waals surface area (Å²) in [6.07, 6.45) is 6.72. The van der Waals surface area contributed by atoms with Crippen LogP contribution in [0.1, 0.15) is 31.9 Å². The molecule has 3 N–H and O–H groups in total. The molecule has 1 spiro atoms. The second-order valence-corrected chi connectivity index (χ2v) is 11.4. The number of methoxy groups -OCH3 is 1. The van der Waals surface area contributed by atoms with Crippen LogP contribution in [0.3, 0.4) is 0 Å². The zero-order valence-corrected chi connectivity index (χ0v) is 21.6. The standard InChI is InChI=1S/C25H34N6O4S/c1-15-22(26)25(14-35-15)4-7-30(8-5-25)23-18(12-32)29-20(10-28-23)36-19-3-6-27-24-21(19)34-13-16-9-17(33-2)11-31(16)24/h3,6,10,15-17,22,32H,4-5,7-9,11-14,26H2,1-2H3/t15-,16?,17-,22+/m0/s1. The molecule has 0 saturated carbocycles. The quantitative estimate of drug-likeness (QED) is 0.608. The molecule has 0 aliphatic carbocycles. The molecule has 1 unspecified atom stereocenters. The van der Waals surface area contributed by atoms with Gasteiger partial charge >= 0.3 is 0 Å². The SMILES string of the molecule is CO[C@H]1CC2COc3c(Sc4cnc(N5CCC6(CC5)CO[C@@H](C)[C@H]6N)c(CO)n4)ccnc3N2C1. The Bertz CT molecular complexity index is 1110. The first-order chi connectivity index (χ1) is 17.5. The van der Waals surface area contributed by atoms with Gasteiger partial charge in [0.1, 0.15) is 17.3 Å². The summed E-state index contributed by atoms with van der Waals surface area (Å²) in [4.78, 5) is 19.6. The number of hydrogen-bond donors (Lipinski definition) is 2. The number of nitrogens with two attached hydrogens (primary N) is 1. The van der Waals surface area contributed by atoms with Crippen molar-refractivity contribution in [1.29, 1.82) is 0 Å². The van der Waals surface area contributed by atoms with Crippen molar-refractivity contribution in [3.05, 3.63) is 24.2 Å². The minimum Gasteiger partial charge on any atom is -0.486 e. The molecule has 36 heavy (non-hydrogen) atoms. The molecule has 0 bridgehead atoms. The number of ether oxygens (including phenoxy) is 3. The van der Waals surface area contributed by atoms with Crippen molar-refractivity contribution in [3.8, 4) is 5.75 Å². The Labute approximate surface area is 215 Å². The Morgan fingerprint density at radius 3 is 2.83 bits per heavy atom. The smallest absolute Gasteiger partial charge is 0.175 e. The average Bonchev–Trinajstić information content (AvgIpc) is 3.46. The van der Waals surface area contributed by atoms with Gasteiger partial charge in [0.25, 0.3) is 0 Å². The van der Waals surface area contributed by atoms with Gasteiger partial charge in [-0.1, -0.05) is 11.8 Å². The Kier molecular flexibility index (Phi) is 6.45. The minimum atomic E-state index is -0.170. The van der Waals surface area contributed by atoms with Crippen LogP contribution in [0.5, 0.6) is 5.75 Å². The van der Waals surface area contributed by atoms with Gasteiger partial charge in [-0.3, -0.25) is 0 Å². The maximum atomic E-state index is 10.1. The van der Waals surface area contributed by atoms with E-state index in [2.05, 4.69) is 21.7 Å². The van der Waals surface area contributed by atoms with Crippen molar-refractivity contribution in [2.75, 3.05) is 49.8 Å². The lowest BCUT2D eigenvalue weighted by molar-refractivity contribution is 0.0973. The summed E-state index contributed by atoms with van der Waals surface area (Å²) in [7, 11) is 1.76. The summed E-state index contributed by atoms with van der Waals surface area (Å²) in [6.45, 7) is 5.68. The minimum absolute atomic E-state index is 0.0383. The maximum absolute atomic E-state index is 10.1. The number of fused-ring (bicyclic) bond motifs is 3. The highest BCUT2D eigenvalue weighted by Gasteiger charge is 2.48. The summed E-state index contributed by atoms with van der Waals surface area (Å²) < 4.78 is 17.6. The molecular weight excluding hydrogens is 480 g/mol.